The number of nitrogens with zero attached hydrogens (tertiary/aromatic N) is 2. The number of alkyl halides is 3. The van der Waals surface area contributed by atoms with Crippen LogP contribution in [0.4, 0.5) is 13.2 Å². The summed E-state index contributed by atoms with van der Waals surface area (Å²) >= 11 is 5.33. The Morgan fingerprint density at radius 1 is 1.18 bits per heavy atom. The molecule has 0 aliphatic carbocycles. The first-order chi connectivity index (χ1) is 15.5. The normalized spacial score (nSPS) is 12.7. The second-order valence-electron chi connectivity index (χ2n) is 8.50. The fourth-order valence-corrected chi connectivity index (χ4v) is 3.91. The molecule has 1 amide bonds. The zero-order chi connectivity index (χ0) is 24.2. The smallest absolute Gasteiger partial charge is 0.349 e. The molecule has 0 aliphatic rings. The van der Waals surface area contributed by atoms with E-state index in [2.05, 4.69) is 15.5 Å². The van der Waals surface area contributed by atoms with Gasteiger partial charge in [-0.1, -0.05) is 49.7 Å². The third kappa shape index (κ3) is 6.54. The van der Waals surface area contributed by atoms with Gasteiger partial charge in [-0.3, -0.25) is 14.5 Å². The van der Waals surface area contributed by atoms with Crippen LogP contribution in [-0.4, -0.2) is 20.7 Å². The molecule has 1 aromatic heterocycles. The fourth-order valence-electron chi connectivity index (χ4n) is 3.69. The van der Waals surface area contributed by atoms with Gasteiger partial charge in [0.05, 0.1) is 11.6 Å². The maximum Gasteiger partial charge on any atom is 0.416 e. The molecule has 5 nitrogen and oxygen atoms in total. The van der Waals surface area contributed by atoms with E-state index in [0.29, 0.717) is 29.1 Å². The summed E-state index contributed by atoms with van der Waals surface area (Å²) in [7, 11) is 0. The Morgan fingerprint density at radius 3 is 2.58 bits per heavy atom. The summed E-state index contributed by atoms with van der Waals surface area (Å²) in [6, 6.07) is 12.4. The van der Waals surface area contributed by atoms with E-state index in [1.165, 1.54) is 6.07 Å². The molecule has 3 aromatic rings. The van der Waals surface area contributed by atoms with Crippen molar-refractivity contribution >= 4 is 18.1 Å². The maximum absolute atomic E-state index is 13.2. The number of carbonyl (C=O) groups excluding carboxylic acids is 1. The Hall–Kier alpha value is -2.94. The number of hydrogen-bond donors (Lipinski definition) is 2. The molecule has 176 valence electrons. The molecule has 0 aliphatic heterocycles. The Kier molecular flexibility index (Phi) is 7.73. The minimum atomic E-state index is -4.44. The Morgan fingerprint density at radius 2 is 1.91 bits per heavy atom. The average molecular weight is 477 g/mol. The largest absolute Gasteiger partial charge is 0.416 e. The molecular weight excluding hydrogens is 449 g/mol. The number of benzene rings is 2. The van der Waals surface area contributed by atoms with E-state index < -0.39 is 17.8 Å². The Labute approximate surface area is 196 Å². The second-order valence-corrected chi connectivity index (χ2v) is 8.88. The molecule has 1 heterocycles. The monoisotopic (exact) mass is 476 g/mol. The summed E-state index contributed by atoms with van der Waals surface area (Å²) in [6.45, 7) is 6.20. The Bertz CT molecular complexity index is 1170. The number of H-pyrrole nitrogens is 1. The summed E-state index contributed by atoms with van der Waals surface area (Å²) in [5, 5.41) is 9.97. The van der Waals surface area contributed by atoms with Crippen molar-refractivity contribution in [3.05, 3.63) is 70.0 Å². The molecule has 2 N–H and O–H groups in total. The average Bonchev–Trinajstić information content (AvgIpc) is 3.11. The summed E-state index contributed by atoms with van der Waals surface area (Å²) in [5.41, 5.74) is 1.66. The predicted octanol–water partition coefficient (Wildman–Crippen LogP) is 6.23. The second kappa shape index (κ2) is 10.3. The molecule has 0 bridgehead atoms. The van der Waals surface area contributed by atoms with Crippen molar-refractivity contribution < 1.29 is 18.0 Å². The van der Waals surface area contributed by atoms with Crippen LogP contribution in [0.2, 0.25) is 0 Å². The highest BCUT2D eigenvalue weighted by molar-refractivity contribution is 7.71. The van der Waals surface area contributed by atoms with E-state index in [1.807, 2.05) is 45.0 Å². The van der Waals surface area contributed by atoms with Crippen LogP contribution in [0.25, 0.3) is 11.4 Å². The number of halogens is 3. The molecule has 0 fully saturated rings. The lowest BCUT2D eigenvalue weighted by Gasteiger charge is -2.22. The van der Waals surface area contributed by atoms with Crippen LogP contribution in [0.15, 0.2) is 48.5 Å². The van der Waals surface area contributed by atoms with Gasteiger partial charge in [-0.05, 0) is 55.2 Å². The lowest BCUT2D eigenvalue weighted by atomic mass is 9.95. The van der Waals surface area contributed by atoms with Crippen molar-refractivity contribution in [2.45, 2.75) is 52.4 Å². The molecule has 33 heavy (non-hydrogen) atoms. The predicted molar refractivity (Wildman–Crippen MR) is 124 cm³/mol. The molecule has 0 saturated heterocycles. The van der Waals surface area contributed by atoms with Gasteiger partial charge in [0.25, 0.3) is 0 Å². The molecule has 0 spiro atoms. The number of nitrogens with one attached hydrogen (secondary N) is 2. The zero-order valence-electron chi connectivity index (χ0n) is 18.7. The number of amides is 1. The summed E-state index contributed by atoms with van der Waals surface area (Å²) in [5.74, 6) is 0.546. The van der Waals surface area contributed by atoms with Crippen LogP contribution in [0, 0.1) is 17.6 Å². The molecule has 1 unspecified atom stereocenters. The number of aromatic amines is 1. The number of aromatic nitrogens is 3. The highest BCUT2D eigenvalue weighted by Gasteiger charge is 2.31. The van der Waals surface area contributed by atoms with Gasteiger partial charge in [-0.2, -0.15) is 18.3 Å². The first-order valence-corrected chi connectivity index (χ1v) is 11.1. The lowest BCUT2D eigenvalue weighted by Crippen LogP contribution is -2.30. The standard InChI is InChI=1S/C24H27F3N4OS/c1-15(2)12-20(17-7-5-9-19(14-17)24(25,26)27)28-21(32)10-11-31-22(29-30-23(31)33)18-8-4-6-16(3)13-18/h4-9,13-15,20H,10-12H2,1-3H3,(H,28,32)(H,30,33). The van der Waals surface area contributed by atoms with Crippen molar-refractivity contribution in [2.24, 2.45) is 5.92 Å². The van der Waals surface area contributed by atoms with Gasteiger partial charge < -0.3 is 5.32 Å². The van der Waals surface area contributed by atoms with Crippen LogP contribution < -0.4 is 5.32 Å². The van der Waals surface area contributed by atoms with Gasteiger partial charge in [-0.25, -0.2) is 0 Å². The number of rotatable bonds is 8. The molecule has 0 radical (unpaired) electrons. The maximum atomic E-state index is 13.2. The van der Waals surface area contributed by atoms with Gasteiger partial charge >= 0.3 is 6.18 Å². The van der Waals surface area contributed by atoms with E-state index >= 15 is 0 Å². The van der Waals surface area contributed by atoms with Gasteiger partial charge in [0.1, 0.15) is 0 Å². The highest BCUT2D eigenvalue weighted by Crippen LogP contribution is 2.32. The van der Waals surface area contributed by atoms with Crippen LogP contribution in [0.5, 0.6) is 0 Å². The zero-order valence-corrected chi connectivity index (χ0v) is 19.6. The van der Waals surface area contributed by atoms with Crippen LogP contribution in [0.3, 0.4) is 0 Å². The SMILES string of the molecule is Cc1cccc(-c2n[nH]c(=S)n2CCC(=O)NC(CC(C)C)c2cccc(C(F)(F)F)c2)c1. The third-order valence-electron chi connectivity index (χ3n) is 5.26. The Balaban J connectivity index is 1.75. The van der Waals surface area contributed by atoms with E-state index in [4.69, 9.17) is 12.2 Å². The first kappa shape index (κ1) is 24.7. The minimum absolute atomic E-state index is 0.111. The van der Waals surface area contributed by atoms with Crippen molar-refractivity contribution in [1.29, 1.82) is 0 Å². The molecule has 3 rings (SSSR count). The van der Waals surface area contributed by atoms with E-state index in [9.17, 15) is 18.0 Å². The van der Waals surface area contributed by atoms with E-state index in [-0.39, 0.29) is 18.2 Å². The van der Waals surface area contributed by atoms with Gasteiger partial charge in [0, 0.05) is 18.5 Å². The van der Waals surface area contributed by atoms with Gasteiger partial charge in [0.15, 0.2) is 10.6 Å². The summed E-state index contributed by atoms with van der Waals surface area (Å²) in [6.07, 6.45) is -3.81. The van der Waals surface area contributed by atoms with Gasteiger partial charge in [0.2, 0.25) is 5.91 Å². The highest BCUT2D eigenvalue weighted by atomic mass is 32.1. The molecule has 2 aromatic carbocycles. The number of hydrogen-bond acceptors (Lipinski definition) is 3. The van der Waals surface area contributed by atoms with Crippen molar-refractivity contribution in [2.75, 3.05) is 0 Å². The van der Waals surface area contributed by atoms with E-state index in [0.717, 1.165) is 23.3 Å². The van der Waals surface area contributed by atoms with Crippen LogP contribution in [0.1, 0.15) is 49.4 Å². The number of aryl methyl sites for hydroxylation is 1. The minimum Gasteiger partial charge on any atom is -0.349 e. The van der Waals surface area contributed by atoms with E-state index in [1.54, 1.807) is 10.6 Å². The fraction of sp³-hybridized carbons (Fsp3) is 0.375. The van der Waals surface area contributed by atoms with Crippen molar-refractivity contribution in [3.8, 4) is 11.4 Å². The topological polar surface area (TPSA) is 62.7 Å². The lowest BCUT2D eigenvalue weighted by molar-refractivity contribution is -0.137. The number of carbonyl (C=O) groups is 1. The quantitative estimate of drug-likeness (QED) is 0.379. The van der Waals surface area contributed by atoms with Gasteiger partial charge in [-0.15, -0.1) is 0 Å². The first-order valence-electron chi connectivity index (χ1n) is 10.7. The third-order valence-corrected chi connectivity index (χ3v) is 5.57. The van der Waals surface area contributed by atoms with Crippen LogP contribution >= 0.6 is 12.2 Å². The molecule has 9 heteroatoms. The summed E-state index contributed by atoms with van der Waals surface area (Å²) in [4.78, 5) is 12.8. The molecular formula is C24H27F3N4OS. The molecule has 0 saturated carbocycles. The van der Waals surface area contributed by atoms with Crippen molar-refractivity contribution in [3.63, 3.8) is 0 Å². The van der Waals surface area contributed by atoms with Crippen LogP contribution in [-0.2, 0) is 17.5 Å². The molecule has 1 atom stereocenters. The van der Waals surface area contributed by atoms with Crippen molar-refractivity contribution in [1.82, 2.24) is 20.1 Å². The summed E-state index contributed by atoms with van der Waals surface area (Å²) < 4.78 is 41.7.